The topological polar surface area (TPSA) is 117 Å². The molecule has 0 atom stereocenters. The largest absolute Gasteiger partial charge is 0.290 e. The number of hydrogen-bond acceptors (Lipinski definition) is 6. The smallest absolute Gasteiger partial charge is 0.267 e. The van der Waals surface area contributed by atoms with Gasteiger partial charge in [0.05, 0.1) is 16.6 Å². The number of aromatic amines is 1. The van der Waals surface area contributed by atoms with Crippen LogP contribution in [0, 0.1) is 0 Å². The van der Waals surface area contributed by atoms with Crippen LogP contribution >= 0.6 is 11.3 Å². The molecule has 2 aromatic heterocycles. The van der Waals surface area contributed by atoms with E-state index >= 15 is 0 Å². The van der Waals surface area contributed by atoms with Gasteiger partial charge in [0.2, 0.25) is 0 Å². The fraction of sp³-hybridized carbons (Fsp3) is 0.235. The zero-order valence-corrected chi connectivity index (χ0v) is 15.2. The molecule has 0 saturated heterocycles. The first-order valence-corrected chi connectivity index (χ1v) is 8.63. The summed E-state index contributed by atoms with van der Waals surface area (Å²) in [6.07, 6.45) is 1.47. The molecule has 0 bridgehead atoms. The zero-order chi connectivity index (χ0) is 18.9. The Balaban J connectivity index is 1.75. The van der Waals surface area contributed by atoms with Crippen molar-refractivity contribution in [3.63, 3.8) is 0 Å². The number of fused-ring (bicyclic) bond motifs is 1. The highest BCUT2D eigenvalue weighted by atomic mass is 32.1. The van der Waals surface area contributed by atoms with Gasteiger partial charge in [-0.15, -0.1) is 11.3 Å². The van der Waals surface area contributed by atoms with Crippen molar-refractivity contribution in [3.8, 4) is 0 Å². The quantitative estimate of drug-likeness (QED) is 0.593. The molecule has 9 heteroatoms. The average Bonchev–Trinajstić information content (AvgIpc) is 3.10. The van der Waals surface area contributed by atoms with E-state index in [1.54, 1.807) is 24.3 Å². The van der Waals surface area contributed by atoms with Crippen molar-refractivity contribution >= 4 is 33.9 Å². The van der Waals surface area contributed by atoms with E-state index in [1.807, 2.05) is 20.8 Å². The van der Waals surface area contributed by atoms with Crippen LogP contribution in [0.25, 0.3) is 10.8 Å². The number of rotatable bonds is 2. The molecule has 26 heavy (non-hydrogen) atoms. The molecule has 0 aliphatic rings. The Hall–Kier alpha value is -3.07. The summed E-state index contributed by atoms with van der Waals surface area (Å²) in [6, 6.07) is 6.60. The van der Waals surface area contributed by atoms with E-state index in [-0.39, 0.29) is 16.7 Å². The summed E-state index contributed by atoms with van der Waals surface area (Å²) in [7, 11) is 0. The van der Waals surface area contributed by atoms with Crippen LogP contribution in [0.15, 0.2) is 35.3 Å². The number of amides is 2. The molecule has 0 radical (unpaired) electrons. The molecule has 0 unspecified atom stereocenters. The van der Waals surface area contributed by atoms with Crippen molar-refractivity contribution < 1.29 is 9.59 Å². The highest BCUT2D eigenvalue weighted by molar-refractivity contribution is 7.13. The van der Waals surface area contributed by atoms with E-state index in [0.717, 1.165) is 5.01 Å². The highest BCUT2D eigenvalue weighted by Crippen LogP contribution is 2.26. The minimum Gasteiger partial charge on any atom is -0.267 e. The number of thiazole rings is 1. The average molecular weight is 371 g/mol. The normalized spacial score (nSPS) is 11.3. The van der Waals surface area contributed by atoms with Crippen LogP contribution in [0.4, 0.5) is 0 Å². The Morgan fingerprint density at radius 2 is 1.73 bits per heavy atom. The number of aromatic nitrogens is 3. The molecule has 0 fully saturated rings. The van der Waals surface area contributed by atoms with Gasteiger partial charge in [0, 0.05) is 10.8 Å². The SMILES string of the molecule is CC(C)(C)c1ncc(C(=O)NNC(=O)c2n[nH]c(=O)c3ccccc23)s1. The Morgan fingerprint density at radius 3 is 2.38 bits per heavy atom. The van der Waals surface area contributed by atoms with Crippen LogP contribution in [0.3, 0.4) is 0 Å². The van der Waals surface area contributed by atoms with Crippen LogP contribution in [0.1, 0.15) is 45.9 Å². The van der Waals surface area contributed by atoms with Crippen molar-refractivity contribution in [2.45, 2.75) is 26.2 Å². The highest BCUT2D eigenvalue weighted by Gasteiger charge is 2.21. The second-order valence-corrected chi connectivity index (χ2v) is 7.67. The molecule has 2 heterocycles. The van der Waals surface area contributed by atoms with E-state index in [1.165, 1.54) is 17.5 Å². The minimum absolute atomic E-state index is 0.0141. The van der Waals surface area contributed by atoms with Gasteiger partial charge >= 0.3 is 0 Å². The van der Waals surface area contributed by atoms with Gasteiger partial charge in [-0.2, -0.15) is 5.10 Å². The molecular formula is C17H17N5O3S. The Kier molecular flexibility index (Phi) is 4.56. The van der Waals surface area contributed by atoms with Crippen molar-refractivity contribution in [2.24, 2.45) is 0 Å². The van der Waals surface area contributed by atoms with E-state index in [4.69, 9.17) is 0 Å². The van der Waals surface area contributed by atoms with Gasteiger partial charge in [-0.3, -0.25) is 25.2 Å². The molecule has 134 valence electrons. The second-order valence-electron chi connectivity index (χ2n) is 6.63. The fourth-order valence-electron chi connectivity index (χ4n) is 2.25. The number of hydrazine groups is 1. The molecule has 0 aliphatic heterocycles. The number of carbonyl (C=O) groups excluding carboxylic acids is 2. The van der Waals surface area contributed by atoms with Gasteiger partial charge in [-0.1, -0.05) is 39.0 Å². The van der Waals surface area contributed by atoms with Crippen molar-refractivity contribution in [2.75, 3.05) is 0 Å². The lowest BCUT2D eigenvalue weighted by Gasteiger charge is -2.13. The maximum absolute atomic E-state index is 12.3. The molecule has 3 rings (SSSR count). The molecule has 3 aromatic rings. The predicted octanol–water partition coefficient (Wildman–Crippen LogP) is 1.75. The summed E-state index contributed by atoms with van der Waals surface area (Å²) in [5.74, 6) is -1.11. The number of hydrogen-bond donors (Lipinski definition) is 3. The van der Waals surface area contributed by atoms with Crippen LogP contribution in [0.2, 0.25) is 0 Å². The summed E-state index contributed by atoms with van der Waals surface area (Å²) in [5.41, 5.74) is 4.12. The fourth-order valence-corrected chi connectivity index (χ4v) is 3.12. The van der Waals surface area contributed by atoms with Crippen molar-refractivity contribution in [1.82, 2.24) is 26.0 Å². The maximum atomic E-state index is 12.3. The first kappa shape index (κ1) is 17.7. The lowest BCUT2D eigenvalue weighted by Crippen LogP contribution is -2.42. The first-order chi connectivity index (χ1) is 12.3. The molecule has 0 saturated carbocycles. The number of H-pyrrole nitrogens is 1. The zero-order valence-electron chi connectivity index (χ0n) is 14.4. The van der Waals surface area contributed by atoms with Gasteiger partial charge in [0.15, 0.2) is 5.69 Å². The van der Waals surface area contributed by atoms with Crippen LogP contribution in [-0.4, -0.2) is 27.0 Å². The lowest BCUT2D eigenvalue weighted by atomic mass is 9.98. The van der Waals surface area contributed by atoms with Gasteiger partial charge in [-0.05, 0) is 6.07 Å². The monoisotopic (exact) mass is 371 g/mol. The van der Waals surface area contributed by atoms with Gasteiger partial charge in [0.25, 0.3) is 17.4 Å². The molecule has 2 amide bonds. The molecule has 1 aromatic carbocycles. The van der Waals surface area contributed by atoms with Crippen LogP contribution in [-0.2, 0) is 5.41 Å². The van der Waals surface area contributed by atoms with Crippen molar-refractivity contribution in [1.29, 1.82) is 0 Å². The summed E-state index contributed by atoms with van der Waals surface area (Å²) in [5, 5.41) is 7.62. The molecule has 0 spiro atoms. The molecular weight excluding hydrogens is 354 g/mol. The summed E-state index contributed by atoms with van der Waals surface area (Å²) in [4.78, 5) is 40.9. The number of nitrogens with zero attached hydrogens (tertiary/aromatic N) is 2. The number of nitrogens with one attached hydrogen (secondary N) is 3. The predicted molar refractivity (Wildman–Crippen MR) is 98.1 cm³/mol. The molecule has 8 nitrogen and oxygen atoms in total. The third-order valence-electron chi connectivity index (χ3n) is 3.57. The minimum atomic E-state index is -0.633. The molecule has 0 aliphatic carbocycles. The van der Waals surface area contributed by atoms with E-state index < -0.39 is 11.8 Å². The number of benzene rings is 1. The van der Waals surface area contributed by atoms with Gasteiger partial charge < -0.3 is 0 Å². The summed E-state index contributed by atoms with van der Waals surface area (Å²) >= 11 is 1.26. The second kappa shape index (κ2) is 6.68. The number of carbonyl (C=O) groups is 2. The third kappa shape index (κ3) is 3.47. The van der Waals surface area contributed by atoms with Crippen molar-refractivity contribution in [3.05, 3.63) is 56.4 Å². The van der Waals surface area contributed by atoms with Crippen LogP contribution in [0.5, 0.6) is 0 Å². The first-order valence-electron chi connectivity index (χ1n) is 7.82. The van der Waals surface area contributed by atoms with Gasteiger partial charge in [0.1, 0.15) is 4.88 Å². The van der Waals surface area contributed by atoms with Gasteiger partial charge in [-0.25, -0.2) is 10.1 Å². The Labute approximate surface area is 152 Å². The maximum Gasteiger partial charge on any atom is 0.290 e. The van der Waals surface area contributed by atoms with E-state index in [0.29, 0.717) is 15.6 Å². The summed E-state index contributed by atoms with van der Waals surface area (Å²) in [6.45, 7) is 6.01. The Morgan fingerprint density at radius 1 is 1.08 bits per heavy atom. The van der Waals surface area contributed by atoms with E-state index in [9.17, 15) is 14.4 Å². The Bertz CT molecular complexity index is 1050. The third-order valence-corrected chi connectivity index (χ3v) is 4.99. The lowest BCUT2D eigenvalue weighted by molar-refractivity contribution is 0.0846. The van der Waals surface area contributed by atoms with Crippen LogP contribution < -0.4 is 16.4 Å². The summed E-state index contributed by atoms with van der Waals surface area (Å²) < 4.78 is 0. The van der Waals surface area contributed by atoms with E-state index in [2.05, 4.69) is 26.0 Å². The molecule has 3 N–H and O–H groups in total. The standard InChI is InChI=1S/C17H17N5O3S/c1-17(2,3)16-18-8-11(26-16)14(24)21-22-15(25)12-9-6-4-5-7-10(9)13(23)20-19-12/h4-8H,1-3H3,(H,20,23)(H,21,24)(H,22,25).